The van der Waals surface area contributed by atoms with Crippen LogP contribution >= 0.6 is 0 Å². The molecule has 0 atom stereocenters. The predicted molar refractivity (Wildman–Crippen MR) is 127 cm³/mol. The summed E-state index contributed by atoms with van der Waals surface area (Å²) >= 11 is 0. The molecule has 9 nitrogen and oxygen atoms in total. The average molecular weight is 477 g/mol. The van der Waals surface area contributed by atoms with Crippen LogP contribution in [0, 0.1) is 6.92 Å². The predicted octanol–water partition coefficient (Wildman–Crippen LogP) is 2.33. The fourth-order valence-electron chi connectivity index (χ4n) is 4.12. The van der Waals surface area contributed by atoms with E-state index in [-0.39, 0.29) is 30.4 Å². The second-order valence-corrected chi connectivity index (χ2v) is 10.2. The highest BCUT2D eigenvalue weighted by Gasteiger charge is 2.30. The van der Waals surface area contributed by atoms with Crippen LogP contribution in [0.5, 0.6) is 0 Å². The minimum Gasteiger partial charge on any atom is -0.338 e. The number of hydrogen-bond acceptors (Lipinski definition) is 6. The summed E-state index contributed by atoms with van der Waals surface area (Å²) in [6.45, 7) is 3.01. The van der Waals surface area contributed by atoms with Gasteiger partial charge in [-0.05, 0) is 40.6 Å². The van der Waals surface area contributed by atoms with Crippen LogP contribution in [0.4, 0.5) is 0 Å². The van der Waals surface area contributed by atoms with Crippen molar-refractivity contribution in [2.75, 3.05) is 26.2 Å². The quantitative estimate of drug-likeness (QED) is 0.438. The summed E-state index contributed by atoms with van der Waals surface area (Å²) < 4.78 is 27.7. The lowest BCUT2D eigenvalue weighted by Crippen LogP contribution is -2.51. The molecule has 0 bridgehead atoms. The molecule has 0 saturated carbocycles. The first kappa shape index (κ1) is 22.2. The SMILES string of the molecule is Cc1ccccc1-c1nnn(CC(=O)N2CCN(S(=O)(=O)c3ccc4ccccc4c3)CC2)n1. The monoisotopic (exact) mass is 476 g/mol. The molecule has 0 unspecified atom stereocenters. The number of tetrazole rings is 1. The number of nitrogens with zero attached hydrogens (tertiary/aromatic N) is 6. The molecule has 1 aliphatic heterocycles. The standard InChI is InChI=1S/C24H24N6O3S/c1-18-6-2-5-9-22(18)24-25-27-30(26-24)17-23(31)28-12-14-29(15-13-28)34(32,33)21-11-10-19-7-3-4-8-20(19)16-21/h2-11,16H,12-15,17H2,1H3. The highest BCUT2D eigenvalue weighted by atomic mass is 32.2. The third-order valence-electron chi connectivity index (χ3n) is 6.07. The van der Waals surface area contributed by atoms with Gasteiger partial charge in [-0.1, -0.05) is 54.6 Å². The molecule has 3 aromatic carbocycles. The van der Waals surface area contributed by atoms with Gasteiger partial charge in [0, 0.05) is 31.7 Å². The van der Waals surface area contributed by atoms with Gasteiger partial charge in [0.2, 0.25) is 21.8 Å². The second-order valence-electron chi connectivity index (χ2n) is 8.25. The van der Waals surface area contributed by atoms with Gasteiger partial charge < -0.3 is 4.90 Å². The van der Waals surface area contributed by atoms with Crippen LogP contribution in [0.2, 0.25) is 0 Å². The summed E-state index contributed by atoms with van der Waals surface area (Å²) in [5, 5.41) is 14.3. The molecule has 0 spiro atoms. The smallest absolute Gasteiger partial charge is 0.246 e. The maximum absolute atomic E-state index is 13.2. The summed E-state index contributed by atoms with van der Waals surface area (Å²) in [6, 6.07) is 20.5. The van der Waals surface area contributed by atoms with Crippen LogP contribution in [0.1, 0.15) is 5.56 Å². The summed E-state index contributed by atoms with van der Waals surface area (Å²) in [4.78, 5) is 16.0. The Bertz CT molecular complexity index is 1460. The van der Waals surface area contributed by atoms with E-state index in [1.807, 2.05) is 61.5 Å². The lowest BCUT2D eigenvalue weighted by Gasteiger charge is -2.33. The van der Waals surface area contributed by atoms with E-state index in [1.54, 1.807) is 17.0 Å². The Hall–Kier alpha value is -3.63. The zero-order valence-electron chi connectivity index (χ0n) is 18.7. The Morgan fingerprint density at radius 2 is 1.62 bits per heavy atom. The lowest BCUT2D eigenvalue weighted by atomic mass is 10.1. The molecule has 1 aliphatic rings. The highest BCUT2D eigenvalue weighted by molar-refractivity contribution is 7.89. The Balaban J connectivity index is 1.22. The normalized spacial score (nSPS) is 15.0. The lowest BCUT2D eigenvalue weighted by molar-refractivity contribution is -0.133. The molecule has 34 heavy (non-hydrogen) atoms. The van der Waals surface area contributed by atoms with Crippen LogP contribution in [-0.4, -0.2) is 69.9 Å². The van der Waals surface area contributed by atoms with Crippen molar-refractivity contribution in [1.29, 1.82) is 0 Å². The van der Waals surface area contributed by atoms with Crippen molar-refractivity contribution in [1.82, 2.24) is 29.4 Å². The van der Waals surface area contributed by atoms with Crippen LogP contribution in [0.15, 0.2) is 71.6 Å². The Kier molecular flexibility index (Phi) is 5.84. The fraction of sp³-hybridized carbons (Fsp3) is 0.250. The van der Waals surface area contributed by atoms with Crippen LogP contribution in [-0.2, 0) is 21.4 Å². The molecule has 0 aliphatic carbocycles. The average Bonchev–Trinajstić information content (AvgIpc) is 3.32. The zero-order chi connectivity index (χ0) is 23.7. The van der Waals surface area contributed by atoms with Crippen LogP contribution < -0.4 is 0 Å². The van der Waals surface area contributed by atoms with E-state index in [0.29, 0.717) is 18.9 Å². The largest absolute Gasteiger partial charge is 0.338 e. The van der Waals surface area contributed by atoms with Crippen molar-refractivity contribution in [3.05, 3.63) is 72.3 Å². The minimum atomic E-state index is -3.64. The molecule has 0 radical (unpaired) electrons. The van der Waals surface area contributed by atoms with Gasteiger partial charge in [0.05, 0.1) is 4.90 Å². The molecule has 0 N–H and O–H groups in total. The highest BCUT2D eigenvalue weighted by Crippen LogP contribution is 2.23. The fourth-order valence-corrected chi connectivity index (χ4v) is 5.58. The number of carbonyl (C=O) groups is 1. The third-order valence-corrected chi connectivity index (χ3v) is 7.96. The molecule has 1 saturated heterocycles. The summed E-state index contributed by atoms with van der Waals surface area (Å²) in [7, 11) is -3.64. The summed E-state index contributed by atoms with van der Waals surface area (Å²) in [5.74, 6) is 0.300. The summed E-state index contributed by atoms with van der Waals surface area (Å²) in [6.07, 6.45) is 0. The number of fused-ring (bicyclic) bond motifs is 1. The number of aromatic nitrogens is 4. The van der Waals surface area contributed by atoms with Gasteiger partial charge >= 0.3 is 0 Å². The van der Waals surface area contributed by atoms with Crippen LogP contribution in [0.3, 0.4) is 0 Å². The van der Waals surface area contributed by atoms with Crippen molar-refractivity contribution in [3.63, 3.8) is 0 Å². The van der Waals surface area contributed by atoms with E-state index in [9.17, 15) is 13.2 Å². The van der Waals surface area contributed by atoms with Crippen molar-refractivity contribution in [3.8, 4) is 11.4 Å². The molecule has 1 fully saturated rings. The van der Waals surface area contributed by atoms with Gasteiger partial charge in [-0.3, -0.25) is 4.79 Å². The number of aryl methyl sites for hydroxylation is 1. The van der Waals surface area contributed by atoms with Gasteiger partial charge in [0.15, 0.2) is 0 Å². The molecular weight excluding hydrogens is 452 g/mol. The number of sulfonamides is 1. The molecule has 174 valence electrons. The van der Waals surface area contributed by atoms with Gasteiger partial charge in [-0.15, -0.1) is 10.2 Å². The van der Waals surface area contributed by atoms with E-state index < -0.39 is 10.0 Å². The van der Waals surface area contributed by atoms with Gasteiger partial charge in [-0.2, -0.15) is 9.10 Å². The first-order chi connectivity index (χ1) is 16.4. The third kappa shape index (κ3) is 4.29. The zero-order valence-corrected chi connectivity index (χ0v) is 19.5. The Morgan fingerprint density at radius 1 is 0.912 bits per heavy atom. The first-order valence-electron chi connectivity index (χ1n) is 11.0. The number of hydrogen-bond donors (Lipinski definition) is 0. The molecule has 1 aromatic heterocycles. The van der Waals surface area contributed by atoms with E-state index >= 15 is 0 Å². The van der Waals surface area contributed by atoms with Crippen molar-refractivity contribution < 1.29 is 13.2 Å². The molecular formula is C24H24N6O3S. The second kappa shape index (κ2) is 8.96. The van der Waals surface area contributed by atoms with E-state index in [2.05, 4.69) is 15.4 Å². The number of amides is 1. The Morgan fingerprint density at radius 3 is 2.38 bits per heavy atom. The van der Waals surface area contributed by atoms with Crippen LogP contribution in [0.25, 0.3) is 22.2 Å². The summed E-state index contributed by atoms with van der Waals surface area (Å²) in [5.41, 5.74) is 1.89. The number of piperazine rings is 1. The minimum absolute atomic E-state index is 0.0453. The van der Waals surface area contributed by atoms with Crippen molar-refractivity contribution >= 4 is 26.7 Å². The topological polar surface area (TPSA) is 101 Å². The molecule has 2 heterocycles. The Labute approximate surface area is 197 Å². The van der Waals surface area contributed by atoms with Crippen molar-refractivity contribution in [2.45, 2.75) is 18.4 Å². The van der Waals surface area contributed by atoms with Gasteiger partial charge in [-0.25, -0.2) is 8.42 Å². The van der Waals surface area contributed by atoms with Crippen molar-refractivity contribution in [2.24, 2.45) is 0 Å². The molecule has 4 aromatic rings. The van der Waals surface area contributed by atoms with Gasteiger partial charge in [0.25, 0.3) is 0 Å². The van der Waals surface area contributed by atoms with E-state index in [0.717, 1.165) is 21.9 Å². The maximum atomic E-state index is 13.2. The maximum Gasteiger partial charge on any atom is 0.246 e. The van der Waals surface area contributed by atoms with E-state index in [4.69, 9.17) is 0 Å². The van der Waals surface area contributed by atoms with E-state index in [1.165, 1.54) is 9.10 Å². The number of rotatable bonds is 5. The van der Waals surface area contributed by atoms with Gasteiger partial charge in [0.1, 0.15) is 6.54 Å². The number of carbonyl (C=O) groups excluding carboxylic acids is 1. The molecule has 10 heteroatoms. The molecule has 5 rings (SSSR count). The first-order valence-corrected chi connectivity index (χ1v) is 12.5. The molecule has 1 amide bonds. The number of benzene rings is 3.